The van der Waals surface area contributed by atoms with Crippen molar-refractivity contribution in [2.45, 2.75) is 26.2 Å². The molecule has 2 nitrogen and oxygen atoms in total. The van der Waals surface area contributed by atoms with Gasteiger partial charge in [0.2, 0.25) is 0 Å². The van der Waals surface area contributed by atoms with Gasteiger partial charge in [-0.3, -0.25) is 0 Å². The summed E-state index contributed by atoms with van der Waals surface area (Å²) in [6.07, 6.45) is 5.97. The molecule has 3 rings (SSSR count). The molecule has 0 amide bonds. The normalized spacial score (nSPS) is 18.3. The first kappa shape index (κ1) is 10.1. The molecule has 0 bridgehead atoms. The zero-order chi connectivity index (χ0) is 11.0. The lowest BCUT2D eigenvalue weighted by atomic mass is 9.70. The summed E-state index contributed by atoms with van der Waals surface area (Å²) in [6, 6.07) is 4.23. The average Bonchev–Trinajstić information content (AvgIpc) is 2.72. The number of hydrogen-bond donors (Lipinski definition) is 1. The maximum Gasteiger partial charge on any atom is 0.134 e. The topological polar surface area (TPSA) is 24.9 Å². The number of nitrogens with zero attached hydrogens (tertiary/aromatic N) is 1. The zero-order valence-electron chi connectivity index (χ0n) is 9.49. The fourth-order valence-corrected chi connectivity index (χ4v) is 3.07. The highest BCUT2D eigenvalue weighted by molar-refractivity contribution is 7.17. The molecule has 1 N–H and O–H groups in total. The van der Waals surface area contributed by atoms with E-state index in [-0.39, 0.29) is 0 Å². The lowest BCUT2D eigenvalue weighted by molar-refractivity contribution is 0.180. The predicted molar refractivity (Wildman–Crippen MR) is 70.1 cm³/mol. The number of thiophene rings is 1. The van der Waals surface area contributed by atoms with Crippen LogP contribution in [0.25, 0.3) is 10.1 Å². The van der Waals surface area contributed by atoms with Crippen molar-refractivity contribution < 1.29 is 0 Å². The lowest BCUT2D eigenvalue weighted by Gasteiger charge is -2.38. The molecule has 1 saturated carbocycles. The second kappa shape index (κ2) is 3.74. The van der Waals surface area contributed by atoms with Gasteiger partial charge >= 0.3 is 0 Å². The summed E-state index contributed by atoms with van der Waals surface area (Å²) < 4.78 is 1.32. The first-order valence-electron chi connectivity index (χ1n) is 5.83. The van der Waals surface area contributed by atoms with Gasteiger partial charge in [0, 0.05) is 22.8 Å². The quantitative estimate of drug-likeness (QED) is 0.868. The molecule has 3 heteroatoms. The van der Waals surface area contributed by atoms with Gasteiger partial charge in [0.1, 0.15) is 5.82 Å². The van der Waals surface area contributed by atoms with E-state index in [9.17, 15) is 0 Å². The average molecular weight is 232 g/mol. The van der Waals surface area contributed by atoms with E-state index in [4.69, 9.17) is 0 Å². The van der Waals surface area contributed by atoms with Crippen LogP contribution < -0.4 is 5.32 Å². The second-order valence-electron chi connectivity index (χ2n) is 5.01. The number of pyridine rings is 1. The van der Waals surface area contributed by atoms with Crippen LogP contribution in [0.5, 0.6) is 0 Å². The predicted octanol–water partition coefficient (Wildman–Crippen LogP) is 3.90. The molecule has 84 valence electrons. The highest BCUT2D eigenvalue weighted by atomic mass is 32.1. The van der Waals surface area contributed by atoms with Crippen molar-refractivity contribution in [3.8, 4) is 0 Å². The Bertz CT molecular complexity index is 499. The summed E-state index contributed by atoms with van der Waals surface area (Å²) in [4.78, 5) is 4.44. The number of aromatic nitrogens is 1. The number of fused-ring (bicyclic) bond motifs is 1. The summed E-state index contributed by atoms with van der Waals surface area (Å²) in [5, 5.41) is 6.90. The minimum Gasteiger partial charge on any atom is -0.369 e. The molecular weight excluding hydrogens is 216 g/mol. The van der Waals surface area contributed by atoms with Crippen LogP contribution in [0.3, 0.4) is 0 Å². The van der Waals surface area contributed by atoms with E-state index in [0.717, 1.165) is 12.4 Å². The smallest absolute Gasteiger partial charge is 0.134 e. The molecule has 2 aromatic heterocycles. The summed E-state index contributed by atoms with van der Waals surface area (Å²) in [5.41, 5.74) is 0.500. The van der Waals surface area contributed by atoms with Gasteiger partial charge in [-0.2, -0.15) is 0 Å². The van der Waals surface area contributed by atoms with E-state index < -0.39 is 0 Å². The Morgan fingerprint density at radius 2 is 2.31 bits per heavy atom. The molecule has 1 aliphatic carbocycles. The SMILES string of the molecule is CC1(CNc2nccc3sccc23)CCC1. The summed E-state index contributed by atoms with van der Waals surface area (Å²) in [6.45, 7) is 3.41. The third-order valence-electron chi connectivity index (χ3n) is 3.62. The molecule has 0 radical (unpaired) electrons. The third-order valence-corrected chi connectivity index (χ3v) is 4.51. The van der Waals surface area contributed by atoms with Crippen LogP contribution in [0.2, 0.25) is 0 Å². The van der Waals surface area contributed by atoms with E-state index in [1.165, 1.54) is 29.3 Å². The molecule has 1 aliphatic rings. The highest BCUT2D eigenvalue weighted by Crippen LogP contribution is 2.40. The van der Waals surface area contributed by atoms with Gasteiger partial charge in [0.15, 0.2) is 0 Å². The fraction of sp³-hybridized carbons (Fsp3) is 0.462. The van der Waals surface area contributed by atoms with E-state index in [1.807, 2.05) is 6.20 Å². The minimum absolute atomic E-state index is 0.500. The Morgan fingerprint density at radius 1 is 1.44 bits per heavy atom. The molecule has 1 fully saturated rings. The van der Waals surface area contributed by atoms with Crippen LogP contribution in [0.4, 0.5) is 5.82 Å². The standard InChI is InChI=1S/C13H16N2S/c1-13(5-2-6-13)9-15-12-10-4-8-16-11(10)3-7-14-12/h3-4,7-8H,2,5-6,9H2,1H3,(H,14,15). The Labute approximate surface area is 99.7 Å². The van der Waals surface area contributed by atoms with Gasteiger partial charge in [0.25, 0.3) is 0 Å². The molecule has 2 heterocycles. The van der Waals surface area contributed by atoms with Crippen molar-refractivity contribution in [3.05, 3.63) is 23.7 Å². The van der Waals surface area contributed by atoms with Gasteiger partial charge in [-0.25, -0.2) is 4.98 Å². The Balaban J connectivity index is 1.81. The van der Waals surface area contributed by atoms with Gasteiger partial charge < -0.3 is 5.32 Å². The van der Waals surface area contributed by atoms with Crippen LogP contribution in [0.1, 0.15) is 26.2 Å². The van der Waals surface area contributed by atoms with Crippen molar-refractivity contribution in [1.82, 2.24) is 4.98 Å². The molecular formula is C13H16N2S. The Morgan fingerprint density at radius 3 is 3.06 bits per heavy atom. The highest BCUT2D eigenvalue weighted by Gasteiger charge is 2.31. The third kappa shape index (κ3) is 1.69. The van der Waals surface area contributed by atoms with E-state index in [1.54, 1.807) is 11.3 Å². The van der Waals surface area contributed by atoms with Crippen molar-refractivity contribution in [1.29, 1.82) is 0 Å². The zero-order valence-corrected chi connectivity index (χ0v) is 10.3. The molecule has 0 aromatic carbocycles. The van der Waals surface area contributed by atoms with E-state index in [0.29, 0.717) is 5.41 Å². The maximum absolute atomic E-state index is 4.44. The van der Waals surface area contributed by atoms with Gasteiger partial charge in [-0.05, 0) is 35.8 Å². The second-order valence-corrected chi connectivity index (χ2v) is 5.96. The molecule has 0 aliphatic heterocycles. The number of anilines is 1. The molecule has 0 atom stereocenters. The Kier molecular flexibility index (Phi) is 2.36. The summed E-state index contributed by atoms with van der Waals surface area (Å²) in [7, 11) is 0. The Hall–Kier alpha value is -1.09. The maximum atomic E-state index is 4.44. The molecule has 16 heavy (non-hydrogen) atoms. The van der Waals surface area contributed by atoms with Crippen molar-refractivity contribution in [2.24, 2.45) is 5.41 Å². The monoisotopic (exact) mass is 232 g/mol. The lowest BCUT2D eigenvalue weighted by Crippen LogP contribution is -2.33. The molecule has 0 unspecified atom stereocenters. The van der Waals surface area contributed by atoms with Gasteiger partial charge in [0.05, 0.1) is 0 Å². The van der Waals surface area contributed by atoms with Gasteiger partial charge in [-0.1, -0.05) is 13.3 Å². The van der Waals surface area contributed by atoms with Crippen molar-refractivity contribution >= 4 is 27.2 Å². The first-order valence-corrected chi connectivity index (χ1v) is 6.71. The van der Waals surface area contributed by atoms with Crippen molar-refractivity contribution in [2.75, 3.05) is 11.9 Å². The van der Waals surface area contributed by atoms with Crippen LogP contribution in [0.15, 0.2) is 23.7 Å². The molecule has 0 spiro atoms. The van der Waals surface area contributed by atoms with Crippen LogP contribution >= 0.6 is 11.3 Å². The van der Waals surface area contributed by atoms with Crippen molar-refractivity contribution in [3.63, 3.8) is 0 Å². The summed E-state index contributed by atoms with van der Waals surface area (Å²) in [5.74, 6) is 1.05. The molecule has 0 saturated heterocycles. The molecule has 2 aromatic rings. The fourth-order valence-electron chi connectivity index (χ4n) is 2.29. The van der Waals surface area contributed by atoms with Crippen LogP contribution in [0, 0.1) is 5.41 Å². The van der Waals surface area contributed by atoms with E-state index >= 15 is 0 Å². The van der Waals surface area contributed by atoms with E-state index in [2.05, 4.69) is 34.7 Å². The van der Waals surface area contributed by atoms with Gasteiger partial charge in [-0.15, -0.1) is 11.3 Å². The number of nitrogens with one attached hydrogen (secondary N) is 1. The number of hydrogen-bond acceptors (Lipinski definition) is 3. The summed E-state index contributed by atoms with van der Waals surface area (Å²) >= 11 is 1.77. The number of rotatable bonds is 3. The van der Waals surface area contributed by atoms with Crippen LogP contribution in [-0.4, -0.2) is 11.5 Å². The minimum atomic E-state index is 0.500. The largest absolute Gasteiger partial charge is 0.369 e. The van der Waals surface area contributed by atoms with Crippen LogP contribution in [-0.2, 0) is 0 Å². The first-order chi connectivity index (χ1) is 7.77.